The van der Waals surface area contributed by atoms with Crippen molar-refractivity contribution in [2.24, 2.45) is 4.99 Å². The van der Waals surface area contributed by atoms with Crippen LogP contribution in [0.3, 0.4) is 0 Å². The van der Waals surface area contributed by atoms with E-state index < -0.39 is 0 Å². The minimum atomic E-state index is 0. The van der Waals surface area contributed by atoms with Gasteiger partial charge in [0.2, 0.25) is 0 Å². The highest BCUT2D eigenvalue weighted by molar-refractivity contribution is 14.0. The molecule has 3 heterocycles. The molecular weight excluding hydrogens is 501 g/mol. The molecule has 0 radical (unpaired) electrons. The van der Waals surface area contributed by atoms with Gasteiger partial charge in [-0.1, -0.05) is 23.7 Å². The minimum Gasteiger partial charge on any atom is -0.356 e. The number of hydrogen-bond acceptors (Lipinski definition) is 5. The lowest BCUT2D eigenvalue weighted by Gasteiger charge is -2.33. The summed E-state index contributed by atoms with van der Waals surface area (Å²) in [6, 6.07) is 8.02. The highest BCUT2D eigenvalue weighted by Gasteiger charge is 2.14. The fourth-order valence-electron chi connectivity index (χ4n) is 3.03. The molecule has 0 bridgehead atoms. The molecule has 7 nitrogen and oxygen atoms in total. The minimum absolute atomic E-state index is 0. The van der Waals surface area contributed by atoms with E-state index in [9.17, 15) is 0 Å². The number of halogens is 2. The summed E-state index contributed by atoms with van der Waals surface area (Å²) < 4.78 is 0. The number of anilines is 1. The molecule has 0 spiro atoms. The van der Waals surface area contributed by atoms with Crippen LogP contribution in [0, 0.1) is 0 Å². The molecule has 2 aromatic rings. The molecule has 1 aliphatic rings. The Hall–Kier alpha value is -1.65. The molecule has 3 rings (SSSR count). The van der Waals surface area contributed by atoms with Crippen molar-refractivity contribution in [3.8, 4) is 0 Å². The van der Waals surface area contributed by atoms with Crippen LogP contribution in [0.25, 0.3) is 0 Å². The lowest BCUT2D eigenvalue weighted by atomic mass is 10.2. The largest absolute Gasteiger partial charge is 0.356 e. The van der Waals surface area contributed by atoms with Gasteiger partial charge in [-0.2, -0.15) is 0 Å². The second-order valence-electron chi connectivity index (χ2n) is 6.91. The van der Waals surface area contributed by atoms with Gasteiger partial charge in [-0.05, 0) is 36.7 Å². The van der Waals surface area contributed by atoms with Gasteiger partial charge in [0, 0.05) is 58.7 Å². The first-order chi connectivity index (χ1) is 13.6. The van der Waals surface area contributed by atoms with E-state index in [4.69, 9.17) is 11.6 Å². The van der Waals surface area contributed by atoms with Crippen LogP contribution in [0.1, 0.15) is 11.1 Å². The van der Waals surface area contributed by atoms with E-state index in [1.165, 1.54) is 0 Å². The van der Waals surface area contributed by atoms with Crippen molar-refractivity contribution in [3.63, 3.8) is 0 Å². The fourth-order valence-corrected chi connectivity index (χ4v) is 3.14. The topological polar surface area (TPSA) is 68.7 Å². The molecule has 1 fully saturated rings. The number of nitrogens with zero attached hydrogens (tertiary/aromatic N) is 5. The van der Waals surface area contributed by atoms with Gasteiger partial charge in [-0.15, -0.1) is 24.0 Å². The molecule has 2 aromatic heterocycles. The summed E-state index contributed by atoms with van der Waals surface area (Å²) in [7, 11) is 3.93. The van der Waals surface area contributed by atoms with E-state index in [1.54, 1.807) is 13.2 Å². The van der Waals surface area contributed by atoms with Gasteiger partial charge in [0.05, 0.1) is 0 Å². The Bertz CT molecular complexity index is 759. The Morgan fingerprint density at radius 1 is 1.03 bits per heavy atom. The van der Waals surface area contributed by atoms with Gasteiger partial charge < -0.3 is 20.4 Å². The molecule has 0 aliphatic carbocycles. The van der Waals surface area contributed by atoms with E-state index in [1.807, 2.05) is 18.3 Å². The lowest BCUT2D eigenvalue weighted by molar-refractivity contribution is 0.312. The van der Waals surface area contributed by atoms with Crippen LogP contribution in [-0.4, -0.2) is 67.6 Å². The van der Waals surface area contributed by atoms with Crippen LogP contribution in [0.15, 0.2) is 41.7 Å². The van der Waals surface area contributed by atoms with E-state index >= 15 is 0 Å². The zero-order valence-corrected chi connectivity index (χ0v) is 20.0. The van der Waals surface area contributed by atoms with Crippen LogP contribution in [-0.2, 0) is 13.0 Å². The molecule has 2 N–H and O–H groups in total. The maximum absolute atomic E-state index is 5.81. The first-order valence-electron chi connectivity index (χ1n) is 9.57. The van der Waals surface area contributed by atoms with Crippen LogP contribution >= 0.6 is 35.6 Å². The van der Waals surface area contributed by atoms with Crippen LogP contribution in [0.2, 0.25) is 5.15 Å². The van der Waals surface area contributed by atoms with Gasteiger partial charge in [0.25, 0.3) is 0 Å². The lowest BCUT2D eigenvalue weighted by Crippen LogP contribution is -2.44. The first kappa shape index (κ1) is 23.6. The standard InChI is InChI=1S/C20H28ClN7.HI/c1-22-20(23-8-7-16-3-5-18(21)24-13-16)26-15-17-4-6-19(25-14-17)28-11-9-27(2)10-12-28;/h3-6,13-14H,7-12,15H2,1-2H3,(H2,22,23,26);1H. The van der Waals surface area contributed by atoms with Crippen molar-refractivity contribution in [1.82, 2.24) is 25.5 Å². The average molecular weight is 530 g/mol. The van der Waals surface area contributed by atoms with E-state index in [0.717, 1.165) is 62.0 Å². The van der Waals surface area contributed by atoms with Gasteiger partial charge in [0.1, 0.15) is 11.0 Å². The summed E-state index contributed by atoms with van der Waals surface area (Å²) in [5, 5.41) is 7.16. The van der Waals surface area contributed by atoms with Crippen molar-refractivity contribution in [2.75, 3.05) is 51.7 Å². The SMILES string of the molecule is CN=C(NCCc1ccc(Cl)nc1)NCc1ccc(N2CCN(C)CC2)nc1.I. The van der Waals surface area contributed by atoms with Crippen LogP contribution in [0.5, 0.6) is 0 Å². The van der Waals surface area contributed by atoms with Crippen molar-refractivity contribution >= 4 is 47.4 Å². The fraction of sp³-hybridized carbons (Fsp3) is 0.450. The third-order valence-corrected chi connectivity index (χ3v) is 5.04. The van der Waals surface area contributed by atoms with Gasteiger partial charge in [0.15, 0.2) is 5.96 Å². The van der Waals surface area contributed by atoms with Crippen molar-refractivity contribution in [3.05, 3.63) is 52.9 Å². The molecule has 158 valence electrons. The Kier molecular flexibility index (Phi) is 9.89. The molecule has 0 aromatic carbocycles. The number of pyridine rings is 2. The maximum Gasteiger partial charge on any atom is 0.191 e. The van der Waals surface area contributed by atoms with Crippen molar-refractivity contribution in [2.45, 2.75) is 13.0 Å². The normalized spacial score (nSPS) is 15.0. The summed E-state index contributed by atoms with van der Waals surface area (Å²) in [6.45, 7) is 5.67. The van der Waals surface area contributed by atoms with E-state index in [-0.39, 0.29) is 24.0 Å². The van der Waals surface area contributed by atoms with Gasteiger partial charge >= 0.3 is 0 Å². The number of nitrogens with one attached hydrogen (secondary N) is 2. The Balaban J connectivity index is 0.00000300. The molecule has 1 saturated heterocycles. The number of aromatic nitrogens is 2. The second-order valence-corrected chi connectivity index (χ2v) is 7.29. The molecule has 1 aliphatic heterocycles. The Morgan fingerprint density at radius 2 is 1.76 bits per heavy atom. The number of hydrogen-bond donors (Lipinski definition) is 2. The zero-order chi connectivity index (χ0) is 19.8. The summed E-state index contributed by atoms with van der Waals surface area (Å²) in [4.78, 5) is 17.7. The third-order valence-electron chi connectivity index (χ3n) is 4.81. The molecule has 0 unspecified atom stereocenters. The number of likely N-dealkylation sites (N-methyl/N-ethyl adjacent to an activating group) is 1. The maximum atomic E-state index is 5.81. The summed E-state index contributed by atoms with van der Waals surface area (Å²) in [6.07, 6.45) is 4.59. The summed E-state index contributed by atoms with van der Waals surface area (Å²) in [5.41, 5.74) is 2.26. The first-order valence-corrected chi connectivity index (χ1v) is 9.95. The van der Waals surface area contributed by atoms with Gasteiger partial charge in [-0.3, -0.25) is 4.99 Å². The molecule has 0 amide bonds. The van der Waals surface area contributed by atoms with Crippen molar-refractivity contribution < 1.29 is 0 Å². The molecule has 0 atom stereocenters. The number of aliphatic imine (C=N–C) groups is 1. The molecule has 0 saturated carbocycles. The molecular formula is C20H29ClIN7. The Morgan fingerprint density at radius 3 is 2.38 bits per heavy atom. The monoisotopic (exact) mass is 529 g/mol. The summed E-state index contributed by atoms with van der Waals surface area (Å²) in [5.74, 6) is 1.82. The second kappa shape index (κ2) is 12.1. The highest BCUT2D eigenvalue weighted by Crippen LogP contribution is 2.13. The third kappa shape index (κ3) is 7.60. The highest BCUT2D eigenvalue weighted by atomic mass is 127. The average Bonchev–Trinajstić information content (AvgIpc) is 2.73. The number of piperazine rings is 1. The summed E-state index contributed by atoms with van der Waals surface area (Å²) >= 11 is 5.81. The van der Waals surface area contributed by atoms with Gasteiger partial charge in [-0.25, -0.2) is 9.97 Å². The van der Waals surface area contributed by atoms with Crippen LogP contribution in [0.4, 0.5) is 5.82 Å². The predicted octanol–water partition coefficient (Wildman–Crippen LogP) is 2.41. The zero-order valence-electron chi connectivity index (χ0n) is 16.9. The molecule has 9 heteroatoms. The van der Waals surface area contributed by atoms with Crippen molar-refractivity contribution in [1.29, 1.82) is 0 Å². The quantitative estimate of drug-likeness (QED) is 0.259. The van der Waals surface area contributed by atoms with E-state index in [0.29, 0.717) is 11.7 Å². The molecule has 29 heavy (non-hydrogen) atoms. The smallest absolute Gasteiger partial charge is 0.191 e. The van der Waals surface area contributed by atoms with Crippen LogP contribution < -0.4 is 15.5 Å². The number of guanidine groups is 1. The number of rotatable bonds is 6. The Labute approximate surface area is 195 Å². The predicted molar refractivity (Wildman–Crippen MR) is 131 cm³/mol. The van der Waals surface area contributed by atoms with E-state index in [2.05, 4.69) is 54.6 Å².